The van der Waals surface area contributed by atoms with E-state index in [1.54, 1.807) is 0 Å². The molecule has 0 aromatic carbocycles. The van der Waals surface area contributed by atoms with Crippen molar-refractivity contribution in [1.29, 1.82) is 0 Å². The maximum Gasteiger partial charge on any atom is 1.00 e. The average Bonchev–Trinajstić information content (AvgIpc) is 0. The van der Waals surface area contributed by atoms with E-state index in [1.165, 1.54) is 0 Å². The first-order valence-electron chi connectivity index (χ1n) is 0. The fourth-order valence-corrected chi connectivity index (χ4v) is 0. The van der Waals surface area contributed by atoms with Gasteiger partial charge in [0.25, 0.3) is 0 Å². The van der Waals surface area contributed by atoms with Gasteiger partial charge >= 0.3 is 29.6 Å². The molecule has 0 aromatic heterocycles. The quantitative estimate of drug-likeness (QED) is 0.316. The summed E-state index contributed by atoms with van der Waals surface area (Å²) >= 11 is 0. The van der Waals surface area contributed by atoms with Crippen LogP contribution in [-0.2, 0) is 21.1 Å². The number of rotatable bonds is 0. The van der Waals surface area contributed by atoms with Crippen LogP contribution in [0, 0.1) is 0 Å². The van der Waals surface area contributed by atoms with E-state index in [0.717, 1.165) is 0 Å². The number of hydrogen-bond acceptors (Lipinski definition) is 0. The zero-order chi connectivity index (χ0) is 0. The van der Waals surface area contributed by atoms with E-state index in [9.17, 15) is 0 Å². The summed E-state index contributed by atoms with van der Waals surface area (Å²) in [7, 11) is 0. The van der Waals surface area contributed by atoms with Gasteiger partial charge in [-0.2, -0.15) is 9.90 Å². The van der Waals surface area contributed by atoms with Crippen LogP contribution in [0.4, 0.5) is 0 Å². The van der Waals surface area contributed by atoms with Crippen molar-refractivity contribution in [3.8, 4) is 0 Å². The fourth-order valence-electron chi connectivity index (χ4n) is 0. The summed E-state index contributed by atoms with van der Waals surface area (Å²) in [5.41, 5.74) is 0. The van der Waals surface area contributed by atoms with Gasteiger partial charge < -0.3 is 11.0 Å². The third-order valence-electron chi connectivity index (χ3n) is 0. The Morgan fingerprint density at radius 1 is 0.800 bits per heavy atom. The molecule has 5 heteroatoms. The van der Waals surface area contributed by atoms with E-state index in [0.29, 0.717) is 0 Å². The van der Waals surface area contributed by atoms with Crippen LogP contribution < -0.4 is 29.6 Å². The molecule has 30 valence electrons. The van der Waals surface area contributed by atoms with Gasteiger partial charge in [-0.05, 0) is 0 Å². The smallest absolute Gasteiger partial charge is 0.412 e. The fraction of sp³-hybridized carbons (Fsp3) is 0. The molecule has 5 heavy (non-hydrogen) atoms. The minimum Gasteiger partial charge on any atom is -0.412 e. The van der Waals surface area contributed by atoms with Gasteiger partial charge in [-0.3, -0.25) is 0 Å². The van der Waals surface area contributed by atoms with E-state index in [2.05, 4.69) is 0 Å². The van der Waals surface area contributed by atoms with Crippen LogP contribution in [0.5, 0.6) is 0 Å². The average molecular weight is 277 g/mol. The van der Waals surface area contributed by atoms with E-state index in [1.807, 2.05) is 0 Å². The van der Waals surface area contributed by atoms with Crippen molar-refractivity contribution >= 4 is 9.90 Å². The summed E-state index contributed by atoms with van der Waals surface area (Å²) in [6, 6.07) is 0. The van der Waals surface area contributed by atoms with Crippen LogP contribution in [0.15, 0.2) is 0 Å². The molecular weight excluding hydrogens is 270 g/mol. The molecule has 2 nitrogen and oxygen atoms in total. The molecule has 0 radical (unpaired) electrons. The van der Waals surface area contributed by atoms with Gasteiger partial charge in [0.2, 0.25) is 0 Å². The van der Waals surface area contributed by atoms with Gasteiger partial charge in [-0.15, -0.1) is 0 Å². The van der Waals surface area contributed by atoms with Gasteiger partial charge in [0, 0.05) is 21.1 Å². The zero-order valence-electron chi connectivity index (χ0n) is 3.12. The van der Waals surface area contributed by atoms with Crippen molar-refractivity contribution < 1.29 is 61.6 Å². The predicted octanol–water partition coefficient (Wildman–Crippen LogP) is -4.59. The first-order valence-corrected chi connectivity index (χ1v) is 0. The second-order valence-corrected chi connectivity index (χ2v) is 0. The standard InChI is InChI=1S/Na.2H2O.H3P.W/h;2*1H2;1H3;/q+1;;;;. The second kappa shape index (κ2) is 36.9. The van der Waals surface area contributed by atoms with Crippen molar-refractivity contribution in [2.45, 2.75) is 0 Å². The summed E-state index contributed by atoms with van der Waals surface area (Å²) in [4.78, 5) is 0. The van der Waals surface area contributed by atoms with Crippen LogP contribution >= 0.6 is 9.90 Å². The SMILES string of the molecule is O.O.P.[Na+].[W]. The van der Waals surface area contributed by atoms with E-state index in [-0.39, 0.29) is 71.5 Å². The minimum atomic E-state index is 0. The summed E-state index contributed by atoms with van der Waals surface area (Å²) in [6.45, 7) is 0. The van der Waals surface area contributed by atoms with Crippen molar-refractivity contribution in [1.82, 2.24) is 0 Å². The molecule has 0 saturated carbocycles. The molecule has 1 atom stereocenters. The Balaban J connectivity index is 0. The van der Waals surface area contributed by atoms with Gasteiger partial charge in [-0.25, -0.2) is 0 Å². The van der Waals surface area contributed by atoms with Gasteiger partial charge in [0.15, 0.2) is 0 Å². The van der Waals surface area contributed by atoms with Crippen LogP contribution in [0.2, 0.25) is 0 Å². The van der Waals surface area contributed by atoms with E-state index in [4.69, 9.17) is 0 Å². The van der Waals surface area contributed by atoms with Gasteiger partial charge in [-0.1, -0.05) is 0 Å². The number of hydrogen-bond donors (Lipinski definition) is 0. The third-order valence-corrected chi connectivity index (χ3v) is 0. The van der Waals surface area contributed by atoms with Crippen molar-refractivity contribution in [2.24, 2.45) is 0 Å². The topological polar surface area (TPSA) is 63.0 Å². The molecule has 0 aliphatic carbocycles. The summed E-state index contributed by atoms with van der Waals surface area (Å²) < 4.78 is 0. The maximum absolute atomic E-state index is 0. The van der Waals surface area contributed by atoms with Crippen LogP contribution in [0.25, 0.3) is 0 Å². The molecule has 0 spiro atoms. The predicted molar refractivity (Wildman–Crippen MR) is 18.3 cm³/mol. The largest absolute Gasteiger partial charge is 1.00 e. The normalized spacial score (nSPS) is 0. The zero-order valence-corrected chi connectivity index (χ0v) is 9.46. The molecule has 0 bridgehead atoms. The van der Waals surface area contributed by atoms with Crippen molar-refractivity contribution in [3.63, 3.8) is 0 Å². The van der Waals surface area contributed by atoms with Crippen LogP contribution in [0.3, 0.4) is 0 Å². The minimum absolute atomic E-state index is 0. The van der Waals surface area contributed by atoms with Gasteiger partial charge in [0.05, 0.1) is 0 Å². The maximum atomic E-state index is 0. The molecule has 4 N–H and O–H groups in total. The van der Waals surface area contributed by atoms with Crippen molar-refractivity contribution in [2.75, 3.05) is 0 Å². The molecular formula is H7NaO2PW+. The van der Waals surface area contributed by atoms with Crippen LogP contribution in [0.1, 0.15) is 0 Å². The Hall–Kier alpha value is 2.04. The molecule has 0 fully saturated rings. The Morgan fingerprint density at radius 2 is 0.800 bits per heavy atom. The molecule has 0 aromatic rings. The first kappa shape index (κ1) is 61.8. The Bertz CT molecular complexity index is 9.61. The van der Waals surface area contributed by atoms with Crippen molar-refractivity contribution in [3.05, 3.63) is 0 Å². The first-order chi connectivity index (χ1) is 0. The Morgan fingerprint density at radius 3 is 0.800 bits per heavy atom. The van der Waals surface area contributed by atoms with Gasteiger partial charge in [0.1, 0.15) is 0 Å². The van der Waals surface area contributed by atoms with Crippen LogP contribution in [-0.4, -0.2) is 11.0 Å². The molecule has 0 saturated heterocycles. The Kier molecular flexibility index (Phi) is 456. The molecule has 1 unspecified atom stereocenters. The molecule has 0 amide bonds. The molecule has 0 aliphatic rings. The summed E-state index contributed by atoms with van der Waals surface area (Å²) in [5.74, 6) is 0. The Labute approximate surface area is 70.9 Å². The monoisotopic (exact) mass is 277 g/mol. The molecule has 0 heterocycles. The van der Waals surface area contributed by atoms with E-state index >= 15 is 0 Å². The van der Waals surface area contributed by atoms with E-state index < -0.39 is 0 Å². The summed E-state index contributed by atoms with van der Waals surface area (Å²) in [5, 5.41) is 0. The summed E-state index contributed by atoms with van der Waals surface area (Å²) in [6.07, 6.45) is 0. The molecule has 0 aliphatic heterocycles. The molecule has 0 rings (SSSR count). The second-order valence-electron chi connectivity index (χ2n) is 0. The third kappa shape index (κ3) is 23.7.